The molecule has 4 N–H and O–H groups in total. The maximum Gasteiger partial charge on any atom is 0.227 e. The summed E-state index contributed by atoms with van der Waals surface area (Å²) in [6.07, 6.45) is 3.14. The summed E-state index contributed by atoms with van der Waals surface area (Å²) in [5.41, 5.74) is 5.52. The summed E-state index contributed by atoms with van der Waals surface area (Å²) in [5.74, 6) is 0.00479. The third-order valence-corrected chi connectivity index (χ3v) is 3.86. The fourth-order valence-electron chi connectivity index (χ4n) is 2.53. The van der Waals surface area contributed by atoms with Gasteiger partial charge in [-0.3, -0.25) is 9.59 Å². The largest absolute Gasteiger partial charge is 0.354 e. The summed E-state index contributed by atoms with van der Waals surface area (Å²) in [4.78, 5) is 23.1. The Morgan fingerprint density at radius 2 is 2.38 bits per heavy atom. The predicted molar refractivity (Wildman–Crippen MR) is 59.5 cm³/mol. The number of hydrogen-bond donors (Lipinski definition) is 3. The Hall–Kier alpha value is -1.10. The molecule has 2 rings (SSSR count). The number of nitrogens with two attached hydrogens (primary N) is 1. The molecule has 3 atom stereocenters. The SMILES string of the molecule is CC1(C(=O)NC2CNC(=O)C2)CCCC1N. The zero-order chi connectivity index (χ0) is 11.8. The minimum Gasteiger partial charge on any atom is -0.354 e. The maximum atomic E-state index is 12.1. The van der Waals surface area contributed by atoms with Gasteiger partial charge in [-0.2, -0.15) is 0 Å². The van der Waals surface area contributed by atoms with Crippen LogP contribution in [0.2, 0.25) is 0 Å². The number of carbonyl (C=O) groups excluding carboxylic acids is 2. The van der Waals surface area contributed by atoms with E-state index in [1.54, 1.807) is 0 Å². The Balaban J connectivity index is 1.95. The van der Waals surface area contributed by atoms with Gasteiger partial charge in [-0.05, 0) is 19.8 Å². The summed E-state index contributed by atoms with van der Waals surface area (Å²) in [7, 11) is 0. The number of amides is 2. The molecule has 0 bridgehead atoms. The first-order chi connectivity index (χ1) is 7.52. The van der Waals surface area contributed by atoms with Gasteiger partial charge >= 0.3 is 0 Å². The summed E-state index contributed by atoms with van der Waals surface area (Å²) in [6.45, 7) is 2.46. The van der Waals surface area contributed by atoms with Crippen LogP contribution < -0.4 is 16.4 Å². The molecule has 0 aromatic rings. The van der Waals surface area contributed by atoms with Crippen molar-refractivity contribution >= 4 is 11.8 Å². The molecule has 16 heavy (non-hydrogen) atoms. The molecule has 1 heterocycles. The smallest absolute Gasteiger partial charge is 0.227 e. The van der Waals surface area contributed by atoms with Crippen molar-refractivity contribution in [3.8, 4) is 0 Å². The normalized spacial score (nSPS) is 38.5. The van der Waals surface area contributed by atoms with Gasteiger partial charge in [0.25, 0.3) is 0 Å². The molecule has 5 heteroatoms. The summed E-state index contributed by atoms with van der Waals surface area (Å²) < 4.78 is 0. The monoisotopic (exact) mass is 225 g/mol. The molecule has 90 valence electrons. The van der Waals surface area contributed by atoms with E-state index in [9.17, 15) is 9.59 Å². The Bertz CT molecular complexity index is 318. The fourth-order valence-corrected chi connectivity index (χ4v) is 2.53. The molecule has 1 aliphatic carbocycles. The van der Waals surface area contributed by atoms with Crippen molar-refractivity contribution in [2.24, 2.45) is 11.1 Å². The summed E-state index contributed by atoms with van der Waals surface area (Å²) >= 11 is 0. The lowest BCUT2D eigenvalue weighted by Gasteiger charge is -2.28. The highest BCUT2D eigenvalue weighted by molar-refractivity contribution is 5.85. The lowest BCUT2D eigenvalue weighted by molar-refractivity contribution is -0.131. The second-order valence-corrected chi connectivity index (χ2v) is 5.09. The Morgan fingerprint density at radius 3 is 2.88 bits per heavy atom. The van der Waals surface area contributed by atoms with Gasteiger partial charge in [0.1, 0.15) is 0 Å². The molecule has 1 saturated heterocycles. The van der Waals surface area contributed by atoms with Crippen molar-refractivity contribution in [2.75, 3.05) is 6.54 Å². The quantitative estimate of drug-likeness (QED) is 0.593. The molecule has 1 aliphatic heterocycles. The molecule has 0 aromatic carbocycles. The van der Waals surface area contributed by atoms with Crippen LogP contribution >= 0.6 is 0 Å². The average molecular weight is 225 g/mol. The Morgan fingerprint density at radius 1 is 1.62 bits per heavy atom. The molecule has 0 spiro atoms. The minimum atomic E-state index is -0.453. The third-order valence-electron chi connectivity index (χ3n) is 3.86. The standard InChI is InChI=1S/C11H19N3O2/c1-11(4-2-3-8(11)12)10(16)14-7-5-9(15)13-6-7/h7-8H,2-6,12H2,1H3,(H,13,15)(H,14,16). The van der Waals surface area contributed by atoms with Crippen LogP contribution in [0, 0.1) is 5.41 Å². The molecular formula is C11H19N3O2. The van der Waals surface area contributed by atoms with Gasteiger partial charge in [-0.1, -0.05) is 6.42 Å². The van der Waals surface area contributed by atoms with E-state index < -0.39 is 5.41 Å². The topological polar surface area (TPSA) is 84.2 Å². The first kappa shape index (κ1) is 11.4. The molecular weight excluding hydrogens is 206 g/mol. The summed E-state index contributed by atoms with van der Waals surface area (Å²) in [6, 6.07) is -0.123. The van der Waals surface area contributed by atoms with Gasteiger partial charge in [-0.25, -0.2) is 0 Å². The van der Waals surface area contributed by atoms with Crippen LogP contribution in [-0.4, -0.2) is 30.4 Å². The summed E-state index contributed by atoms with van der Waals surface area (Å²) in [5, 5.41) is 5.62. The van der Waals surface area contributed by atoms with E-state index in [2.05, 4.69) is 10.6 Å². The highest BCUT2D eigenvalue weighted by Crippen LogP contribution is 2.36. The van der Waals surface area contributed by atoms with Crippen LogP contribution in [0.5, 0.6) is 0 Å². The maximum absolute atomic E-state index is 12.1. The molecule has 2 amide bonds. The van der Waals surface area contributed by atoms with Crippen LogP contribution in [0.15, 0.2) is 0 Å². The van der Waals surface area contributed by atoms with E-state index in [1.165, 1.54) is 0 Å². The van der Waals surface area contributed by atoms with Crippen LogP contribution in [0.1, 0.15) is 32.6 Å². The van der Waals surface area contributed by atoms with E-state index in [4.69, 9.17) is 5.73 Å². The van der Waals surface area contributed by atoms with E-state index in [0.29, 0.717) is 13.0 Å². The zero-order valence-corrected chi connectivity index (χ0v) is 9.58. The lowest BCUT2D eigenvalue weighted by Crippen LogP contribution is -2.50. The minimum absolute atomic E-state index is 0.000926. The van der Waals surface area contributed by atoms with Crippen molar-refractivity contribution in [3.63, 3.8) is 0 Å². The van der Waals surface area contributed by atoms with Gasteiger partial charge in [0, 0.05) is 19.0 Å². The molecule has 3 unspecified atom stereocenters. The molecule has 2 aliphatic rings. The average Bonchev–Trinajstić information content (AvgIpc) is 2.76. The number of nitrogens with one attached hydrogen (secondary N) is 2. The van der Waals surface area contributed by atoms with Crippen molar-refractivity contribution < 1.29 is 9.59 Å². The lowest BCUT2D eigenvalue weighted by atomic mass is 9.84. The second-order valence-electron chi connectivity index (χ2n) is 5.09. The number of rotatable bonds is 2. The van der Waals surface area contributed by atoms with E-state index >= 15 is 0 Å². The van der Waals surface area contributed by atoms with Crippen LogP contribution in [0.25, 0.3) is 0 Å². The molecule has 1 saturated carbocycles. The van der Waals surface area contributed by atoms with Crippen molar-refractivity contribution in [3.05, 3.63) is 0 Å². The number of carbonyl (C=O) groups is 2. The van der Waals surface area contributed by atoms with Gasteiger partial charge in [0.05, 0.1) is 11.5 Å². The second kappa shape index (κ2) is 4.05. The van der Waals surface area contributed by atoms with Gasteiger partial charge in [-0.15, -0.1) is 0 Å². The van der Waals surface area contributed by atoms with Crippen LogP contribution in [0.3, 0.4) is 0 Å². The van der Waals surface area contributed by atoms with Crippen molar-refractivity contribution in [1.29, 1.82) is 0 Å². The van der Waals surface area contributed by atoms with Crippen LogP contribution in [0.4, 0.5) is 0 Å². The van der Waals surface area contributed by atoms with E-state index in [0.717, 1.165) is 19.3 Å². The van der Waals surface area contributed by atoms with E-state index in [-0.39, 0.29) is 23.9 Å². The Kier molecular flexibility index (Phi) is 2.88. The van der Waals surface area contributed by atoms with Gasteiger partial charge in [0.2, 0.25) is 11.8 Å². The molecule has 2 fully saturated rings. The van der Waals surface area contributed by atoms with E-state index in [1.807, 2.05) is 6.92 Å². The van der Waals surface area contributed by atoms with Crippen molar-refractivity contribution in [1.82, 2.24) is 10.6 Å². The molecule has 0 aromatic heterocycles. The predicted octanol–water partition coefficient (Wildman–Crippen LogP) is -0.491. The fraction of sp³-hybridized carbons (Fsp3) is 0.818. The van der Waals surface area contributed by atoms with Gasteiger partial charge in [0.15, 0.2) is 0 Å². The molecule has 5 nitrogen and oxygen atoms in total. The Labute approximate surface area is 95.1 Å². The van der Waals surface area contributed by atoms with Crippen LogP contribution in [-0.2, 0) is 9.59 Å². The van der Waals surface area contributed by atoms with Gasteiger partial charge < -0.3 is 16.4 Å². The van der Waals surface area contributed by atoms with Crippen molar-refractivity contribution in [2.45, 2.75) is 44.7 Å². The highest BCUT2D eigenvalue weighted by atomic mass is 16.2. The highest BCUT2D eigenvalue weighted by Gasteiger charge is 2.43. The first-order valence-electron chi connectivity index (χ1n) is 5.85. The zero-order valence-electron chi connectivity index (χ0n) is 9.58. The first-order valence-corrected chi connectivity index (χ1v) is 5.85. The molecule has 0 radical (unpaired) electrons. The number of hydrogen-bond acceptors (Lipinski definition) is 3. The third kappa shape index (κ3) is 1.91.